The standard InChI is InChI=1S/C3H9N.2H2O/c1-2-3-4;;/h2-4H2,1H3;2*1H2. The molecule has 0 aliphatic heterocycles. The predicted octanol–water partition coefficient (Wildman–Crippen LogP) is -1.36. The molecule has 6 heavy (non-hydrogen) atoms. The van der Waals surface area contributed by atoms with Crippen LogP contribution in [0.3, 0.4) is 0 Å². The van der Waals surface area contributed by atoms with Gasteiger partial charge in [0.25, 0.3) is 0 Å². The fourth-order valence-electron chi connectivity index (χ4n) is 0. The summed E-state index contributed by atoms with van der Waals surface area (Å²) in [4.78, 5) is 0. The maximum Gasteiger partial charge on any atom is 0.0737 e. The number of hydrogen-bond acceptors (Lipinski definition) is 1. The first kappa shape index (κ1) is 16.9. The fourth-order valence-corrected chi connectivity index (χ4v) is 0. The molecule has 0 spiro atoms. The van der Waals surface area contributed by atoms with E-state index in [4.69, 9.17) is 0 Å². The maximum atomic E-state index is 3.60. The van der Waals surface area contributed by atoms with Gasteiger partial charge in [0.15, 0.2) is 0 Å². The second-order valence-corrected chi connectivity index (χ2v) is 0.854. The lowest BCUT2D eigenvalue weighted by Gasteiger charge is -1.66. The average Bonchev–Trinajstić information content (AvgIpc) is 1.37. The maximum absolute atomic E-state index is 3.60. The molecule has 0 fully saturated rings. The van der Waals surface area contributed by atoms with E-state index in [1.807, 2.05) is 0 Å². The van der Waals surface area contributed by atoms with Gasteiger partial charge in [0.05, 0.1) is 6.54 Å². The van der Waals surface area contributed by atoms with Crippen molar-refractivity contribution in [2.45, 2.75) is 13.3 Å². The highest BCUT2D eigenvalue weighted by molar-refractivity contribution is 4.07. The van der Waals surface area contributed by atoms with E-state index in [1.54, 1.807) is 0 Å². The lowest BCUT2D eigenvalue weighted by molar-refractivity contribution is -0.367. The first-order chi connectivity index (χ1) is 1.91. The number of rotatable bonds is 1. The summed E-state index contributed by atoms with van der Waals surface area (Å²) < 4.78 is 0. The molecular weight excluding hydrogens is 82.0 g/mol. The van der Waals surface area contributed by atoms with E-state index >= 15 is 0 Å². The van der Waals surface area contributed by atoms with E-state index in [0.717, 1.165) is 6.54 Å². The molecule has 0 aromatic rings. The molecule has 0 unspecified atom stereocenters. The van der Waals surface area contributed by atoms with Crippen LogP contribution in [0.4, 0.5) is 0 Å². The molecule has 3 nitrogen and oxygen atoms in total. The van der Waals surface area contributed by atoms with Crippen LogP contribution < -0.4 is 5.73 Å². The van der Waals surface area contributed by atoms with Crippen molar-refractivity contribution in [2.24, 2.45) is 0 Å². The van der Waals surface area contributed by atoms with Crippen molar-refractivity contribution >= 4 is 0 Å². The van der Waals surface area contributed by atoms with E-state index in [2.05, 4.69) is 12.7 Å². The van der Waals surface area contributed by atoms with Gasteiger partial charge < -0.3 is 16.7 Å². The predicted molar refractivity (Wildman–Crippen MR) is 23.6 cm³/mol. The van der Waals surface area contributed by atoms with Gasteiger partial charge in [0.1, 0.15) is 0 Å². The zero-order chi connectivity index (χ0) is 3.41. The summed E-state index contributed by atoms with van der Waals surface area (Å²) in [6.07, 6.45) is 1.21. The Kier molecular flexibility index (Phi) is 58.5. The van der Waals surface area contributed by atoms with Crippen molar-refractivity contribution in [1.82, 2.24) is 0 Å². The molecule has 0 saturated heterocycles. The van der Waals surface area contributed by atoms with E-state index < -0.39 is 0 Å². The van der Waals surface area contributed by atoms with Gasteiger partial charge in [-0.2, -0.15) is 0 Å². The Morgan fingerprint density at radius 2 is 1.67 bits per heavy atom. The van der Waals surface area contributed by atoms with Gasteiger partial charge in [-0.05, 0) is 6.42 Å². The Balaban J connectivity index is -0.0000000450. The van der Waals surface area contributed by atoms with Crippen LogP contribution in [0.25, 0.3) is 0 Å². The molecule has 0 rings (SSSR count). The van der Waals surface area contributed by atoms with Crippen LogP contribution in [0.2, 0.25) is 0 Å². The van der Waals surface area contributed by atoms with Crippen LogP contribution in [0, 0.1) is 0 Å². The van der Waals surface area contributed by atoms with Gasteiger partial charge in [0, 0.05) is 0 Å². The molecule has 42 valence electrons. The highest BCUT2D eigenvalue weighted by atomic mass is 16.0. The van der Waals surface area contributed by atoms with Crippen molar-refractivity contribution in [1.29, 1.82) is 0 Å². The molecule has 0 amide bonds. The summed E-state index contributed by atoms with van der Waals surface area (Å²) in [6.45, 7) is 3.19. The first-order valence-corrected chi connectivity index (χ1v) is 1.71. The van der Waals surface area contributed by atoms with Crippen molar-refractivity contribution in [3.63, 3.8) is 0 Å². The Morgan fingerprint density at radius 3 is 1.67 bits per heavy atom. The molecule has 6 N–H and O–H groups in total. The highest BCUT2D eigenvalue weighted by Crippen LogP contribution is 1.54. The average molecular weight is 95.1 g/mol. The van der Waals surface area contributed by atoms with Gasteiger partial charge in [-0.1, -0.05) is 6.92 Å². The fraction of sp³-hybridized carbons (Fsp3) is 1.00. The second kappa shape index (κ2) is 20.8. The van der Waals surface area contributed by atoms with Crippen LogP contribution in [0.1, 0.15) is 13.3 Å². The quantitative estimate of drug-likeness (QED) is 0.428. The molecule has 0 atom stereocenters. The first-order valence-electron chi connectivity index (χ1n) is 1.71. The Morgan fingerprint density at radius 1 is 1.50 bits per heavy atom. The van der Waals surface area contributed by atoms with Crippen molar-refractivity contribution < 1.29 is 16.7 Å². The third-order valence-electron chi connectivity index (χ3n) is 0.354. The minimum Gasteiger partial charge on any atom is -0.870 e. The van der Waals surface area contributed by atoms with Crippen LogP contribution >= 0.6 is 0 Å². The lowest BCUT2D eigenvalue weighted by atomic mass is 10.5. The van der Waals surface area contributed by atoms with Crippen LogP contribution in [0.15, 0.2) is 0 Å². The summed E-state index contributed by atoms with van der Waals surface area (Å²) in [7, 11) is 0. The molecular formula is C3H13NO2. The Hall–Kier alpha value is -0.120. The van der Waals surface area contributed by atoms with E-state index in [0.29, 0.717) is 0 Å². The monoisotopic (exact) mass is 95.1 g/mol. The van der Waals surface area contributed by atoms with E-state index in [1.165, 1.54) is 6.42 Å². The molecule has 0 heterocycles. The summed E-state index contributed by atoms with van der Waals surface area (Å²) in [5.74, 6) is 0. The highest BCUT2D eigenvalue weighted by Gasteiger charge is 1.59. The molecule has 0 bridgehead atoms. The lowest BCUT2D eigenvalue weighted by Crippen LogP contribution is -2.49. The van der Waals surface area contributed by atoms with Crippen molar-refractivity contribution in [3.05, 3.63) is 0 Å². The third kappa shape index (κ3) is 41.6. The topological polar surface area (TPSA) is 89.1 Å². The minimum atomic E-state index is 0. The molecule has 0 aromatic heterocycles. The molecule has 0 aliphatic carbocycles. The molecule has 0 saturated carbocycles. The number of quaternary nitrogens is 1. The van der Waals surface area contributed by atoms with Crippen molar-refractivity contribution in [2.75, 3.05) is 6.54 Å². The largest absolute Gasteiger partial charge is 0.870 e. The Labute approximate surface area is 37.8 Å². The second-order valence-electron chi connectivity index (χ2n) is 0.854. The zero-order valence-corrected chi connectivity index (χ0v) is 4.07. The molecule has 0 aromatic carbocycles. The van der Waals surface area contributed by atoms with E-state index in [9.17, 15) is 0 Å². The van der Waals surface area contributed by atoms with Gasteiger partial charge >= 0.3 is 0 Å². The molecule has 3 heteroatoms. The summed E-state index contributed by atoms with van der Waals surface area (Å²) >= 11 is 0. The summed E-state index contributed by atoms with van der Waals surface area (Å²) in [6, 6.07) is 0. The summed E-state index contributed by atoms with van der Waals surface area (Å²) in [5, 5.41) is 0. The third-order valence-corrected chi connectivity index (χ3v) is 0.354. The molecule has 0 aliphatic rings. The van der Waals surface area contributed by atoms with Gasteiger partial charge in [-0.25, -0.2) is 0 Å². The van der Waals surface area contributed by atoms with Crippen LogP contribution in [-0.2, 0) is 0 Å². The summed E-state index contributed by atoms with van der Waals surface area (Å²) in [5.41, 5.74) is 3.60. The Bertz CT molecular complexity index is 10.8. The van der Waals surface area contributed by atoms with E-state index in [-0.39, 0.29) is 11.0 Å². The van der Waals surface area contributed by atoms with Crippen molar-refractivity contribution in [3.8, 4) is 0 Å². The SMILES string of the molecule is CCC[NH3+].O.[OH-]. The zero-order valence-electron chi connectivity index (χ0n) is 4.07. The molecule has 0 radical (unpaired) electrons. The smallest absolute Gasteiger partial charge is 0.0737 e. The van der Waals surface area contributed by atoms with Gasteiger partial charge in [0.2, 0.25) is 0 Å². The minimum absolute atomic E-state index is 0. The van der Waals surface area contributed by atoms with Gasteiger partial charge in [-0.15, -0.1) is 0 Å². The van der Waals surface area contributed by atoms with Crippen LogP contribution in [-0.4, -0.2) is 17.5 Å². The van der Waals surface area contributed by atoms with Gasteiger partial charge in [-0.3, -0.25) is 0 Å². The normalized spacial score (nSPS) is 5.00. The van der Waals surface area contributed by atoms with Crippen LogP contribution in [0.5, 0.6) is 0 Å². The number of hydrogen-bond donors (Lipinski definition) is 1.